The first-order valence-electron chi connectivity index (χ1n) is 11.1. The van der Waals surface area contributed by atoms with Crippen LogP contribution < -0.4 is 21.3 Å². The summed E-state index contributed by atoms with van der Waals surface area (Å²) in [6.45, 7) is 5.52. The lowest BCUT2D eigenvalue weighted by atomic mass is 10.1. The summed E-state index contributed by atoms with van der Waals surface area (Å²) in [5.74, 6) is -0.269. The zero-order valence-electron chi connectivity index (χ0n) is 19.5. The van der Waals surface area contributed by atoms with Gasteiger partial charge >= 0.3 is 5.97 Å². The van der Waals surface area contributed by atoms with Crippen LogP contribution in [-0.4, -0.2) is 38.6 Å². The Hall–Kier alpha value is -3.27. The van der Waals surface area contributed by atoms with Gasteiger partial charge in [0.05, 0.1) is 40.9 Å². The lowest BCUT2D eigenvalue weighted by Crippen LogP contribution is -2.22. The molecule has 4 N–H and O–H groups in total. The van der Waals surface area contributed by atoms with Crippen LogP contribution in [0.4, 0.5) is 11.4 Å². The third kappa shape index (κ3) is 5.99. The second-order valence-electron chi connectivity index (χ2n) is 8.23. The first kappa shape index (κ1) is 25.4. The Morgan fingerprint density at radius 1 is 1.32 bits per heavy atom. The summed E-state index contributed by atoms with van der Waals surface area (Å²) in [6, 6.07) is 7.10. The molecule has 0 bridgehead atoms. The van der Waals surface area contributed by atoms with E-state index >= 15 is 0 Å². The second kappa shape index (κ2) is 11.2. The summed E-state index contributed by atoms with van der Waals surface area (Å²) in [5.41, 5.74) is 8.12. The predicted octanol–water partition coefficient (Wildman–Crippen LogP) is 4.22. The molecule has 0 saturated carbocycles. The van der Waals surface area contributed by atoms with Crippen molar-refractivity contribution in [2.45, 2.75) is 33.2 Å². The Morgan fingerprint density at radius 2 is 2.09 bits per heavy atom. The van der Waals surface area contributed by atoms with Crippen molar-refractivity contribution >= 4 is 33.3 Å². The van der Waals surface area contributed by atoms with E-state index < -0.39 is 5.97 Å². The molecule has 0 amide bonds. The highest BCUT2D eigenvalue weighted by Gasteiger charge is 2.19. The van der Waals surface area contributed by atoms with E-state index in [0.29, 0.717) is 36.2 Å². The predicted molar refractivity (Wildman–Crippen MR) is 136 cm³/mol. The molecule has 10 heteroatoms. The number of nitrogens with one attached hydrogen (secondary N) is 1. The normalized spacial score (nSPS) is 11.9. The molecule has 182 valence electrons. The number of ether oxygens (including phenoxy) is 1. The van der Waals surface area contributed by atoms with Gasteiger partial charge in [0, 0.05) is 30.8 Å². The maximum absolute atomic E-state index is 12.8. The van der Waals surface area contributed by atoms with Crippen molar-refractivity contribution in [2.24, 2.45) is 13.0 Å². The van der Waals surface area contributed by atoms with Crippen LogP contribution >= 0.6 is 15.9 Å². The molecule has 1 aromatic carbocycles. The van der Waals surface area contributed by atoms with Gasteiger partial charge in [-0.2, -0.15) is 5.10 Å². The van der Waals surface area contributed by atoms with E-state index in [1.807, 2.05) is 18.2 Å². The van der Waals surface area contributed by atoms with Gasteiger partial charge in [0.1, 0.15) is 0 Å². The molecule has 2 aromatic heterocycles. The molecular weight excluding hydrogens is 502 g/mol. The number of carboxylic acid groups (broad SMARTS) is 1. The fraction of sp³-hybridized carbons (Fsp3) is 0.375. The van der Waals surface area contributed by atoms with Gasteiger partial charge in [-0.05, 0) is 49.9 Å². The molecule has 0 aliphatic rings. The molecule has 34 heavy (non-hydrogen) atoms. The van der Waals surface area contributed by atoms with Crippen molar-refractivity contribution < 1.29 is 14.6 Å². The molecule has 9 nitrogen and oxygen atoms in total. The number of hydrogen-bond acceptors (Lipinski definition) is 6. The van der Waals surface area contributed by atoms with E-state index in [2.05, 4.69) is 33.3 Å². The average Bonchev–Trinajstić information content (AvgIpc) is 3.17. The molecule has 0 spiro atoms. The minimum Gasteiger partial charge on any atom is -0.478 e. The zero-order valence-corrected chi connectivity index (χ0v) is 21.1. The van der Waals surface area contributed by atoms with Crippen LogP contribution in [0.25, 0.3) is 11.1 Å². The number of nitrogen functional groups attached to an aromatic ring is 1. The molecule has 3 aromatic rings. The molecule has 0 radical (unpaired) electrons. The summed E-state index contributed by atoms with van der Waals surface area (Å²) in [7, 11) is 1.73. The fourth-order valence-electron chi connectivity index (χ4n) is 3.63. The standard InChI is InChI=1S/C24H30BrN5O4/c1-4-30-14-16(24(32)33)10-18(22(30)31)19-13-28-29(3)23(19)34-9-5-6-15(2)12-27-21-11-17(25)7-8-20(21)26/h7-8,10-11,13-15,27H,4-6,9,12,26H2,1-3H3,(H,32,33)/t15-/m1/s1. The lowest BCUT2D eigenvalue weighted by molar-refractivity contribution is 0.0696. The molecule has 0 fully saturated rings. The zero-order chi connectivity index (χ0) is 24.8. The minimum absolute atomic E-state index is 0.0404. The topological polar surface area (TPSA) is 124 Å². The van der Waals surface area contributed by atoms with Gasteiger partial charge in [-0.15, -0.1) is 0 Å². The molecule has 3 rings (SSSR count). The number of aromatic carboxylic acids is 1. The second-order valence-corrected chi connectivity index (χ2v) is 9.15. The number of aromatic nitrogens is 3. The van der Waals surface area contributed by atoms with Crippen LogP contribution in [0, 0.1) is 5.92 Å². The van der Waals surface area contributed by atoms with Crippen LogP contribution in [0.15, 0.2) is 45.9 Å². The van der Waals surface area contributed by atoms with Crippen LogP contribution in [0.5, 0.6) is 5.88 Å². The van der Waals surface area contributed by atoms with Gasteiger partial charge in [-0.25, -0.2) is 9.48 Å². The van der Waals surface area contributed by atoms with Gasteiger partial charge in [0.2, 0.25) is 5.88 Å². The Bertz CT molecular complexity index is 1220. The maximum atomic E-state index is 12.8. The van der Waals surface area contributed by atoms with Gasteiger partial charge < -0.3 is 25.5 Å². The van der Waals surface area contributed by atoms with Crippen LogP contribution in [0.2, 0.25) is 0 Å². The van der Waals surface area contributed by atoms with E-state index in [9.17, 15) is 14.7 Å². The Balaban J connectivity index is 1.63. The maximum Gasteiger partial charge on any atom is 0.337 e. The Labute approximate surface area is 206 Å². The van der Waals surface area contributed by atoms with Crippen LogP contribution in [-0.2, 0) is 13.6 Å². The highest BCUT2D eigenvalue weighted by Crippen LogP contribution is 2.28. The smallest absolute Gasteiger partial charge is 0.337 e. The van der Waals surface area contributed by atoms with Crippen molar-refractivity contribution in [2.75, 3.05) is 24.2 Å². The van der Waals surface area contributed by atoms with Crippen molar-refractivity contribution in [3.05, 3.63) is 57.0 Å². The Kier molecular flexibility index (Phi) is 8.38. The number of nitrogens with two attached hydrogens (primary N) is 1. The summed E-state index contributed by atoms with van der Waals surface area (Å²) >= 11 is 3.46. The minimum atomic E-state index is -1.10. The number of anilines is 2. The largest absolute Gasteiger partial charge is 0.478 e. The quantitative estimate of drug-likeness (QED) is 0.250. The fourth-order valence-corrected chi connectivity index (χ4v) is 3.99. The number of benzene rings is 1. The highest BCUT2D eigenvalue weighted by molar-refractivity contribution is 9.10. The van der Waals surface area contributed by atoms with E-state index in [1.165, 1.54) is 23.0 Å². The van der Waals surface area contributed by atoms with Gasteiger partial charge in [-0.1, -0.05) is 22.9 Å². The Morgan fingerprint density at radius 3 is 2.79 bits per heavy atom. The molecule has 0 aliphatic carbocycles. The number of rotatable bonds is 11. The number of halogens is 1. The summed E-state index contributed by atoms with van der Waals surface area (Å²) < 4.78 is 9.90. The number of pyridine rings is 1. The van der Waals surface area contributed by atoms with Crippen LogP contribution in [0.1, 0.15) is 37.0 Å². The van der Waals surface area contributed by atoms with Crippen molar-refractivity contribution in [1.82, 2.24) is 14.3 Å². The number of carbonyl (C=O) groups is 1. The van der Waals surface area contributed by atoms with Crippen LogP contribution in [0.3, 0.4) is 0 Å². The third-order valence-corrected chi connectivity index (χ3v) is 6.08. The van der Waals surface area contributed by atoms with Gasteiger partial charge in [0.25, 0.3) is 5.56 Å². The van der Waals surface area contributed by atoms with E-state index in [-0.39, 0.29) is 16.7 Å². The summed E-state index contributed by atoms with van der Waals surface area (Å²) in [5, 5.41) is 17.0. The lowest BCUT2D eigenvalue weighted by Gasteiger charge is -2.16. The first-order valence-corrected chi connectivity index (χ1v) is 11.9. The number of hydrogen-bond donors (Lipinski definition) is 3. The molecular formula is C24H30BrN5O4. The summed E-state index contributed by atoms with van der Waals surface area (Å²) in [4.78, 5) is 24.4. The number of aryl methyl sites for hydroxylation is 2. The average molecular weight is 532 g/mol. The SMILES string of the molecule is CCn1cc(C(=O)O)cc(-c2cnn(C)c2OCCC[C@@H](C)CNc2cc(Br)ccc2N)c1=O. The van der Waals surface area contributed by atoms with E-state index in [4.69, 9.17) is 10.5 Å². The van der Waals surface area contributed by atoms with Gasteiger partial charge in [-0.3, -0.25) is 4.79 Å². The van der Waals surface area contributed by atoms with Crippen molar-refractivity contribution in [3.8, 4) is 17.0 Å². The van der Waals surface area contributed by atoms with E-state index in [1.54, 1.807) is 18.7 Å². The molecule has 0 saturated heterocycles. The van der Waals surface area contributed by atoms with Gasteiger partial charge in [0.15, 0.2) is 0 Å². The monoisotopic (exact) mass is 531 g/mol. The third-order valence-electron chi connectivity index (χ3n) is 5.58. The summed E-state index contributed by atoms with van der Waals surface area (Å²) in [6.07, 6.45) is 4.61. The molecule has 0 unspecified atom stereocenters. The van der Waals surface area contributed by atoms with Crippen molar-refractivity contribution in [1.29, 1.82) is 0 Å². The first-order chi connectivity index (χ1) is 16.2. The molecule has 2 heterocycles. The highest BCUT2D eigenvalue weighted by atomic mass is 79.9. The number of carboxylic acids is 1. The number of nitrogens with zero attached hydrogens (tertiary/aromatic N) is 3. The van der Waals surface area contributed by atoms with E-state index in [0.717, 1.165) is 29.5 Å². The molecule has 1 atom stereocenters. The molecule has 0 aliphatic heterocycles. The van der Waals surface area contributed by atoms with Crippen molar-refractivity contribution in [3.63, 3.8) is 0 Å².